The predicted octanol–water partition coefficient (Wildman–Crippen LogP) is 0.205. The van der Waals surface area contributed by atoms with Gasteiger partial charge in [-0.25, -0.2) is 8.42 Å². The van der Waals surface area contributed by atoms with Gasteiger partial charge in [0.2, 0.25) is 10.0 Å². The van der Waals surface area contributed by atoms with Crippen LogP contribution >= 0.6 is 0 Å². The molecule has 0 aliphatic carbocycles. The lowest BCUT2D eigenvalue weighted by molar-refractivity contribution is 0.222. The highest BCUT2D eigenvalue weighted by Gasteiger charge is 2.27. The molecule has 1 saturated heterocycles. The molecule has 2 rings (SSSR count). The van der Waals surface area contributed by atoms with Crippen molar-refractivity contribution in [2.45, 2.75) is 4.90 Å². The second-order valence-corrected chi connectivity index (χ2v) is 6.22. The van der Waals surface area contributed by atoms with Gasteiger partial charge in [0, 0.05) is 31.9 Å². The lowest BCUT2D eigenvalue weighted by Crippen LogP contribution is -2.47. The second kappa shape index (κ2) is 4.64. The summed E-state index contributed by atoms with van der Waals surface area (Å²) in [6.07, 6.45) is 0. The first-order valence-electron chi connectivity index (χ1n) is 5.54. The summed E-state index contributed by atoms with van der Waals surface area (Å²) in [5.41, 5.74) is 6.09. The summed E-state index contributed by atoms with van der Waals surface area (Å²) in [5, 5.41) is 0. The minimum atomic E-state index is -3.38. The van der Waals surface area contributed by atoms with Crippen LogP contribution < -0.4 is 5.73 Å². The van der Waals surface area contributed by atoms with Crippen LogP contribution in [0.4, 0.5) is 5.69 Å². The van der Waals surface area contributed by atoms with E-state index in [9.17, 15) is 8.42 Å². The summed E-state index contributed by atoms with van der Waals surface area (Å²) in [5.74, 6) is 0. The van der Waals surface area contributed by atoms with Crippen molar-refractivity contribution in [1.82, 2.24) is 9.21 Å². The van der Waals surface area contributed by atoms with Crippen LogP contribution in [-0.2, 0) is 10.0 Å². The molecule has 17 heavy (non-hydrogen) atoms. The van der Waals surface area contributed by atoms with Crippen molar-refractivity contribution in [3.05, 3.63) is 24.3 Å². The number of sulfonamides is 1. The van der Waals surface area contributed by atoms with E-state index in [1.807, 2.05) is 7.05 Å². The average Bonchev–Trinajstić information content (AvgIpc) is 2.29. The summed E-state index contributed by atoms with van der Waals surface area (Å²) in [7, 11) is -1.39. The summed E-state index contributed by atoms with van der Waals surface area (Å²) >= 11 is 0. The Morgan fingerprint density at radius 1 is 1.18 bits per heavy atom. The maximum Gasteiger partial charge on any atom is 0.243 e. The van der Waals surface area contributed by atoms with Gasteiger partial charge in [0.1, 0.15) is 0 Å². The van der Waals surface area contributed by atoms with Crippen LogP contribution in [0.25, 0.3) is 0 Å². The molecule has 1 aromatic rings. The molecule has 1 fully saturated rings. The summed E-state index contributed by atoms with van der Waals surface area (Å²) < 4.78 is 26.1. The van der Waals surface area contributed by atoms with E-state index in [0.29, 0.717) is 18.8 Å². The molecule has 0 bridgehead atoms. The largest absolute Gasteiger partial charge is 0.399 e. The number of hydrogen-bond acceptors (Lipinski definition) is 4. The van der Waals surface area contributed by atoms with Crippen molar-refractivity contribution in [2.24, 2.45) is 0 Å². The number of anilines is 1. The number of nitrogen functional groups attached to an aromatic ring is 1. The van der Waals surface area contributed by atoms with Gasteiger partial charge in [0.15, 0.2) is 0 Å². The van der Waals surface area contributed by atoms with Crippen LogP contribution in [0, 0.1) is 0 Å². The van der Waals surface area contributed by atoms with E-state index >= 15 is 0 Å². The molecular formula is C11H17N3O2S. The lowest BCUT2D eigenvalue weighted by atomic mass is 10.3. The summed E-state index contributed by atoms with van der Waals surface area (Å²) in [6.45, 7) is 2.60. The van der Waals surface area contributed by atoms with Crippen LogP contribution in [0.15, 0.2) is 29.2 Å². The number of nitrogens with zero attached hydrogens (tertiary/aromatic N) is 2. The zero-order valence-electron chi connectivity index (χ0n) is 9.83. The highest BCUT2D eigenvalue weighted by Crippen LogP contribution is 2.19. The van der Waals surface area contributed by atoms with Crippen molar-refractivity contribution >= 4 is 15.7 Å². The van der Waals surface area contributed by atoms with Gasteiger partial charge in [-0.15, -0.1) is 0 Å². The smallest absolute Gasteiger partial charge is 0.243 e. The van der Waals surface area contributed by atoms with Crippen molar-refractivity contribution in [3.8, 4) is 0 Å². The standard InChI is InChI=1S/C11H17N3O2S/c1-13-5-7-14(8-6-13)17(15,16)11-4-2-3-10(12)9-11/h2-4,9H,5-8,12H2,1H3. The molecule has 0 spiro atoms. The Kier molecular flexibility index (Phi) is 3.37. The third-order valence-electron chi connectivity index (χ3n) is 2.96. The quantitative estimate of drug-likeness (QED) is 0.767. The van der Waals surface area contributed by atoms with Crippen molar-refractivity contribution < 1.29 is 8.42 Å². The number of rotatable bonds is 2. The van der Waals surface area contributed by atoms with Gasteiger partial charge in [-0.2, -0.15) is 4.31 Å². The van der Waals surface area contributed by atoms with E-state index in [0.717, 1.165) is 13.1 Å². The Morgan fingerprint density at radius 2 is 1.82 bits per heavy atom. The van der Waals surface area contributed by atoms with E-state index in [-0.39, 0.29) is 4.90 Å². The van der Waals surface area contributed by atoms with Gasteiger partial charge in [-0.1, -0.05) is 6.07 Å². The number of nitrogens with two attached hydrogens (primary N) is 1. The molecule has 0 amide bonds. The van der Waals surface area contributed by atoms with E-state index in [1.165, 1.54) is 10.4 Å². The van der Waals surface area contributed by atoms with Gasteiger partial charge >= 0.3 is 0 Å². The first-order chi connectivity index (χ1) is 8.00. The van der Waals surface area contributed by atoms with E-state index in [1.54, 1.807) is 18.2 Å². The molecule has 0 atom stereocenters. The van der Waals surface area contributed by atoms with E-state index < -0.39 is 10.0 Å². The molecule has 1 aliphatic heterocycles. The van der Waals surface area contributed by atoms with Crippen molar-refractivity contribution in [1.29, 1.82) is 0 Å². The molecule has 5 nitrogen and oxygen atoms in total. The molecule has 2 N–H and O–H groups in total. The number of hydrogen-bond donors (Lipinski definition) is 1. The van der Waals surface area contributed by atoms with Crippen LogP contribution in [0.1, 0.15) is 0 Å². The minimum absolute atomic E-state index is 0.280. The van der Waals surface area contributed by atoms with Gasteiger partial charge < -0.3 is 10.6 Å². The van der Waals surface area contributed by atoms with E-state index in [2.05, 4.69) is 4.90 Å². The van der Waals surface area contributed by atoms with Crippen LogP contribution in [0.2, 0.25) is 0 Å². The van der Waals surface area contributed by atoms with Gasteiger partial charge in [0.25, 0.3) is 0 Å². The molecule has 6 heteroatoms. The van der Waals surface area contributed by atoms with Crippen molar-refractivity contribution in [3.63, 3.8) is 0 Å². The Balaban J connectivity index is 2.25. The molecule has 0 aromatic heterocycles. The van der Waals surface area contributed by atoms with Gasteiger partial charge in [-0.3, -0.25) is 0 Å². The fraction of sp³-hybridized carbons (Fsp3) is 0.455. The number of benzene rings is 1. The first kappa shape index (κ1) is 12.3. The normalized spacial score (nSPS) is 19.4. The fourth-order valence-corrected chi connectivity index (χ4v) is 3.33. The molecule has 94 valence electrons. The second-order valence-electron chi connectivity index (χ2n) is 4.28. The molecule has 0 radical (unpaired) electrons. The SMILES string of the molecule is CN1CCN(S(=O)(=O)c2cccc(N)c2)CC1. The van der Waals surface area contributed by atoms with Gasteiger partial charge in [0.05, 0.1) is 4.90 Å². The zero-order valence-corrected chi connectivity index (χ0v) is 10.7. The molecule has 1 aliphatic rings. The average molecular weight is 255 g/mol. The number of piperazine rings is 1. The molecule has 1 aromatic carbocycles. The fourth-order valence-electron chi connectivity index (χ4n) is 1.85. The summed E-state index contributed by atoms with van der Waals surface area (Å²) in [6, 6.07) is 6.44. The summed E-state index contributed by atoms with van der Waals surface area (Å²) in [4.78, 5) is 2.40. The van der Waals surface area contributed by atoms with Gasteiger partial charge in [-0.05, 0) is 25.2 Å². The maximum absolute atomic E-state index is 12.3. The number of likely N-dealkylation sites (N-methyl/N-ethyl adjacent to an activating group) is 1. The Bertz CT molecular complexity index is 493. The maximum atomic E-state index is 12.3. The Morgan fingerprint density at radius 3 is 2.41 bits per heavy atom. The third-order valence-corrected chi connectivity index (χ3v) is 4.85. The van der Waals surface area contributed by atoms with Crippen molar-refractivity contribution in [2.75, 3.05) is 39.0 Å². The monoisotopic (exact) mass is 255 g/mol. The highest BCUT2D eigenvalue weighted by atomic mass is 32.2. The third kappa shape index (κ3) is 2.59. The predicted molar refractivity (Wildman–Crippen MR) is 67.1 cm³/mol. The van der Waals surface area contributed by atoms with Crippen LogP contribution in [0.5, 0.6) is 0 Å². The van der Waals surface area contributed by atoms with Crippen LogP contribution in [0.3, 0.4) is 0 Å². The zero-order chi connectivity index (χ0) is 12.5. The molecule has 0 unspecified atom stereocenters. The topological polar surface area (TPSA) is 66.6 Å². The molecule has 1 heterocycles. The Hall–Kier alpha value is -1.11. The van der Waals surface area contributed by atoms with E-state index in [4.69, 9.17) is 5.73 Å². The minimum Gasteiger partial charge on any atom is -0.399 e. The highest BCUT2D eigenvalue weighted by molar-refractivity contribution is 7.89. The Labute approximate surface area is 102 Å². The first-order valence-corrected chi connectivity index (χ1v) is 6.98. The molecule has 0 saturated carbocycles. The van der Waals surface area contributed by atoms with Crippen LogP contribution in [-0.4, -0.2) is 50.8 Å². The lowest BCUT2D eigenvalue weighted by Gasteiger charge is -2.31. The molecular weight excluding hydrogens is 238 g/mol.